The van der Waals surface area contributed by atoms with Crippen molar-refractivity contribution in [1.82, 2.24) is 0 Å². The van der Waals surface area contributed by atoms with Crippen LogP contribution in [0.3, 0.4) is 0 Å². The zero-order valence-corrected chi connectivity index (χ0v) is 9.21. The number of aryl methyl sites for hydroxylation is 1. The largest absolute Gasteiger partial charge is 0.298 e. The number of benzene rings is 2. The van der Waals surface area contributed by atoms with Crippen molar-refractivity contribution in [2.24, 2.45) is 0 Å². The molecule has 86 valence electrons. The van der Waals surface area contributed by atoms with Crippen LogP contribution < -0.4 is 0 Å². The first kappa shape index (κ1) is 11.5. The molecule has 17 heavy (non-hydrogen) atoms. The molecule has 1 nitrogen and oxygen atoms in total. The molecule has 0 aliphatic heterocycles. The fourth-order valence-corrected chi connectivity index (χ4v) is 1.65. The Bertz CT molecular complexity index is 576. The second-order valence-corrected chi connectivity index (χ2v) is 3.81. The van der Waals surface area contributed by atoms with Gasteiger partial charge in [0.1, 0.15) is 11.6 Å². The topological polar surface area (TPSA) is 17.1 Å². The molecule has 0 unspecified atom stereocenters. The van der Waals surface area contributed by atoms with Gasteiger partial charge in [0.05, 0.1) is 0 Å². The van der Waals surface area contributed by atoms with Crippen molar-refractivity contribution < 1.29 is 13.6 Å². The van der Waals surface area contributed by atoms with Gasteiger partial charge in [-0.15, -0.1) is 0 Å². The number of rotatable bonds is 2. The van der Waals surface area contributed by atoms with Crippen LogP contribution in [0.4, 0.5) is 8.78 Å². The first-order valence-electron chi connectivity index (χ1n) is 5.13. The predicted molar refractivity (Wildman–Crippen MR) is 61.9 cm³/mol. The van der Waals surface area contributed by atoms with E-state index in [1.165, 1.54) is 18.2 Å². The van der Waals surface area contributed by atoms with Gasteiger partial charge < -0.3 is 0 Å². The smallest absolute Gasteiger partial charge is 0.150 e. The minimum absolute atomic E-state index is 0.216. The maximum Gasteiger partial charge on any atom is 0.150 e. The average molecular weight is 232 g/mol. The van der Waals surface area contributed by atoms with Crippen LogP contribution in [0.5, 0.6) is 0 Å². The van der Waals surface area contributed by atoms with Crippen LogP contribution in [-0.2, 0) is 0 Å². The molecule has 3 heteroatoms. The fraction of sp³-hybridized carbons (Fsp3) is 0.0714. The maximum absolute atomic E-state index is 13.4. The summed E-state index contributed by atoms with van der Waals surface area (Å²) >= 11 is 0. The molecule has 0 aromatic heterocycles. The van der Waals surface area contributed by atoms with Gasteiger partial charge in [0.2, 0.25) is 0 Å². The summed E-state index contributed by atoms with van der Waals surface area (Å²) in [6.07, 6.45) is 0.566. The van der Waals surface area contributed by atoms with Gasteiger partial charge in [0.15, 0.2) is 6.29 Å². The molecule has 0 amide bonds. The molecule has 0 spiro atoms. The third kappa shape index (κ3) is 2.23. The Morgan fingerprint density at radius 3 is 2.47 bits per heavy atom. The average Bonchev–Trinajstić information content (AvgIpc) is 2.32. The lowest BCUT2D eigenvalue weighted by atomic mass is 9.99. The molecule has 0 aliphatic rings. The zero-order valence-electron chi connectivity index (χ0n) is 9.21. The number of carbonyl (C=O) groups is 1. The molecular weight excluding hydrogens is 222 g/mol. The second kappa shape index (κ2) is 4.45. The predicted octanol–water partition coefficient (Wildman–Crippen LogP) is 3.75. The van der Waals surface area contributed by atoms with Gasteiger partial charge in [-0.2, -0.15) is 0 Å². The van der Waals surface area contributed by atoms with E-state index in [1.807, 2.05) is 0 Å². The monoisotopic (exact) mass is 232 g/mol. The highest BCUT2D eigenvalue weighted by atomic mass is 19.1. The number of aldehydes is 1. The molecule has 2 rings (SSSR count). The Labute approximate surface area is 97.7 Å². The zero-order chi connectivity index (χ0) is 12.4. The van der Waals surface area contributed by atoms with Crippen molar-refractivity contribution in [3.05, 3.63) is 59.2 Å². The molecule has 2 aromatic rings. The summed E-state index contributed by atoms with van der Waals surface area (Å²) in [7, 11) is 0. The summed E-state index contributed by atoms with van der Waals surface area (Å²) < 4.78 is 26.4. The van der Waals surface area contributed by atoms with Crippen molar-refractivity contribution in [1.29, 1.82) is 0 Å². The molecule has 0 aliphatic carbocycles. The molecule has 0 saturated carbocycles. The summed E-state index contributed by atoms with van der Waals surface area (Å²) in [6, 6.07) is 8.54. The summed E-state index contributed by atoms with van der Waals surface area (Å²) in [5, 5.41) is 0. The van der Waals surface area contributed by atoms with Crippen LogP contribution >= 0.6 is 0 Å². The number of carbonyl (C=O) groups excluding carboxylic acids is 1. The normalized spacial score (nSPS) is 10.3. The summed E-state index contributed by atoms with van der Waals surface area (Å²) in [4.78, 5) is 10.8. The second-order valence-electron chi connectivity index (χ2n) is 3.81. The highest BCUT2D eigenvalue weighted by Crippen LogP contribution is 2.25. The maximum atomic E-state index is 13.4. The number of halogens is 2. The molecular formula is C14H10F2O. The summed E-state index contributed by atoms with van der Waals surface area (Å²) in [5.74, 6) is -0.827. The molecule has 2 aromatic carbocycles. The third-order valence-electron chi connectivity index (χ3n) is 2.62. The first-order chi connectivity index (χ1) is 8.11. The quantitative estimate of drug-likeness (QED) is 0.720. The lowest BCUT2D eigenvalue weighted by molar-refractivity contribution is 0.112. The van der Waals surface area contributed by atoms with Gasteiger partial charge in [0, 0.05) is 5.56 Å². The Morgan fingerprint density at radius 1 is 1.06 bits per heavy atom. The minimum atomic E-state index is -0.483. The lowest BCUT2D eigenvalue weighted by Crippen LogP contribution is -1.91. The van der Waals surface area contributed by atoms with Crippen LogP contribution in [0.1, 0.15) is 15.9 Å². The standard InChI is InChI=1S/C14H10F2O/c1-9-2-3-10(7-14(9)16)13-5-4-12(15)6-11(13)8-17/h2-8H,1H3. The van der Waals surface area contributed by atoms with Gasteiger partial charge in [0.25, 0.3) is 0 Å². The molecule has 0 fully saturated rings. The van der Waals surface area contributed by atoms with E-state index >= 15 is 0 Å². The van der Waals surface area contributed by atoms with Gasteiger partial charge in [-0.1, -0.05) is 18.2 Å². The Kier molecular flexibility index (Phi) is 3.00. The highest BCUT2D eigenvalue weighted by molar-refractivity contribution is 5.87. The molecule has 0 radical (unpaired) electrons. The van der Waals surface area contributed by atoms with Crippen LogP contribution in [-0.4, -0.2) is 6.29 Å². The van der Waals surface area contributed by atoms with E-state index in [-0.39, 0.29) is 11.4 Å². The molecule has 0 atom stereocenters. The van der Waals surface area contributed by atoms with Crippen molar-refractivity contribution in [3.8, 4) is 11.1 Å². The Hall–Kier alpha value is -2.03. The third-order valence-corrected chi connectivity index (χ3v) is 2.62. The van der Waals surface area contributed by atoms with Crippen molar-refractivity contribution >= 4 is 6.29 Å². The van der Waals surface area contributed by atoms with E-state index in [0.717, 1.165) is 6.07 Å². The molecule has 0 bridgehead atoms. The Morgan fingerprint density at radius 2 is 1.82 bits per heavy atom. The number of hydrogen-bond donors (Lipinski definition) is 0. The summed E-state index contributed by atoms with van der Waals surface area (Å²) in [5.41, 5.74) is 1.84. The van der Waals surface area contributed by atoms with E-state index in [2.05, 4.69) is 0 Å². The van der Waals surface area contributed by atoms with Gasteiger partial charge in [-0.3, -0.25) is 4.79 Å². The van der Waals surface area contributed by atoms with E-state index in [4.69, 9.17) is 0 Å². The van der Waals surface area contributed by atoms with Gasteiger partial charge in [-0.05, 0) is 41.8 Å². The molecule has 0 N–H and O–H groups in total. The van der Waals surface area contributed by atoms with Crippen LogP contribution in [0, 0.1) is 18.6 Å². The first-order valence-corrected chi connectivity index (χ1v) is 5.13. The highest BCUT2D eigenvalue weighted by Gasteiger charge is 2.07. The van der Waals surface area contributed by atoms with Crippen LogP contribution in [0.25, 0.3) is 11.1 Å². The van der Waals surface area contributed by atoms with Crippen LogP contribution in [0.2, 0.25) is 0 Å². The lowest BCUT2D eigenvalue weighted by Gasteiger charge is -2.06. The summed E-state index contributed by atoms with van der Waals surface area (Å²) in [6.45, 7) is 1.66. The SMILES string of the molecule is Cc1ccc(-c2ccc(F)cc2C=O)cc1F. The van der Waals surface area contributed by atoms with E-state index in [0.29, 0.717) is 23.0 Å². The fourth-order valence-electron chi connectivity index (χ4n) is 1.65. The van der Waals surface area contributed by atoms with Crippen LogP contribution in [0.15, 0.2) is 36.4 Å². The van der Waals surface area contributed by atoms with E-state index in [9.17, 15) is 13.6 Å². The minimum Gasteiger partial charge on any atom is -0.298 e. The number of hydrogen-bond acceptors (Lipinski definition) is 1. The Balaban J connectivity index is 2.59. The van der Waals surface area contributed by atoms with E-state index in [1.54, 1.807) is 19.1 Å². The molecule has 0 saturated heterocycles. The molecule has 0 heterocycles. The van der Waals surface area contributed by atoms with Gasteiger partial charge in [-0.25, -0.2) is 8.78 Å². The van der Waals surface area contributed by atoms with Gasteiger partial charge >= 0.3 is 0 Å². The van der Waals surface area contributed by atoms with Crippen molar-refractivity contribution in [3.63, 3.8) is 0 Å². The van der Waals surface area contributed by atoms with Crippen molar-refractivity contribution in [2.45, 2.75) is 6.92 Å². The van der Waals surface area contributed by atoms with E-state index < -0.39 is 5.82 Å². The van der Waals surface area contributed by atoms with Crippen molar-refractivity contribution in [2.75, 3.05) is 0 Å².